The van der Waals surface area contributed by atoms with Crippen molar-refractivity contribution < 1.29 is 34.2 Å². The maximum absolute atomic E-state index is 12.7. The number of carboxylic acid groups (broad SMARTS) is 1. The number of hydrogen-bond acceptors (Lipinski definition) is 7. The van der Waals surface area contributed by atoms with Crippen LogP contribution in [0.1, 0.15) is 32.3 Å². The smallest absolute Gasteiger partial charge is 0.326 e. The van der Waals surface area contributed by atoms with Gasteiger partial charge in [0.2, 0.25) is 23.6 Å². The van der Waals surface area contributed by atoms with Gasteiger partial charge in [0, 0.05) is 6.42 Å². The first kappa shape index (κ1) is 27.4. The maximum Gasteiger partial charge on any atom is 0.326 e. The quantitative estimate of drug-likeness (QED) is 0.179. The number of benzene rings is 1. The second kappa shape index (κ2) is 13.0. The zero-order valence-electron chi connectivity index (χ0n) is 18.5. The maximum atomic E-state index is 12.7. The van der Waals surface area contributed by atoms with E-state index in [1.165, 1.54) is 12.1 Å². The molecule has 4 amide bonds. The normalized spacial score (nSPS) is 14.3. The van der Waals surface area contributed by atoms with Crippen LogP contribution in [0, 0.1) is 5.92 Å². The number of carboxylic acids is 1. The summed E-state index contributed by atoms with van der Waals surface area (Å²) in [5, 5.41) is 25.8. The number of amides is 4. The van der Waals surface area contributed by atoms with Gasteiger partial charge in [-0.15, -0.1) is 0 Å². The van der Waals surface area contributed by atoms with Crippen LogP contribution in [0.2, 0.25) is 0 Å². The van der Waals surface area contributed by atoms with Gasteiger partial charge in [-0.2, -0.15) is 0 Å². The van der Waals surface area contributed by atoms with E-state index in [0.29, 0.717) is 12.0 Å². The van der Waals surface area contributed by atoms with E-state index in [1.54, 1.807) is 26.0 Å². The first-order valence-corrected chi connectivity index (χ1v) is 10.4. The van der Waals surface area contributed by atoms with Gasteiger partial charge in [-0.05, 0) is 23.6 Å². The Morgan fingerprint density at radius 3 is 2.15 bits per heavy atom. The largest absolute Gasteiger partial charge is 0.508 e. The van der Waals surface area contributed by atoms with Gasteiger partial charge < -0.3 is 37.6 Å². The minimum Gasteiger partial charge on any atom is -0.508 e. The third-order valence-electron chi connectivity index (χ3n) is 4.99. The van der Waals surface area contributed by atoms with E-state index in [0.717, 1.165) is 0 Å². The Kier molecular flexibility index (Phi) is 10.8. The molecule has 1 aromatic carbocycles. The highest BCUT2D eigenvalue weighted by Gasteiger charge is 2.27. The van der Waals surface area contributed by atoms with Crippen molar-refractivity contribution in [2.24, 2.45) is 17.4 Å². The highest BCUT2D eigenvalue weighted by atomic mass is 16.4. The number of hydrogen-bond donors (Lipinski definition) is 7. The summed E-state index contributed by atoms with van der Waals surface area (Å²) in [6.07, 6.45) is 0.0945. The number of phenolic OH excluding ortho intramolecular Hbond substituents is 1. The van der Waals surface area contributed by atoms with Crippen LogP contribution in [0.4, 0.5) is 0 Å². The van der Waals surface area contributed by atoms with Gasteiger partial charge in [-0.3, -0.25) is 19.2 Å². The van der Waals surface area contributed by atoms with Crippen molar-refractivity contribution in [2.75, 3.05) is 6.54 Å². The third kappa shape index (κ3) is 9.56. The van der Waals surface area contributed by atoms with E-state index in [1.807, 2.05) is 0 Å². The molecule has 0 radical (unpaired) electrons. The Morgan fingerprint density at radius 2 is 1.64 bits per heavy atom. The van der Waals surface area contributed by atoms with E-state index in [9.17, 15) is 34.2 Å². The Morgan fingerprint density at radius 1 is 1.03 bits per heavy atom. The summed E-state index contributed by atoms with van der Waals surface area (Å²) in [4.78, 5) is 59.5. The van der Waals surface area contributed by atoms with Gasteiger partial charge in [0.05, 0.1) is 19.0 Å². The predicted molar refractivity (Wildman–Crippen MR) is 118 cm³/mol. The molecule has 1 aromatic rings. The van der Waals surface area contributed by atoms with E-state index >= 15 is 0 Å². The molecule has 0 aliphatic carbocycles. The van der Waals surface area contributed by atoms with Crippen molar-refractivity contribution in [3.63, 3.8) is 0 Å². The molecule has 4 atom stereocenters. The number of nitrogens with two attached hydrogens (primary N) is 2. The van der Waals surface area contributed by atoms with Crippen LogP contribution in [0.15, 0.2) is 24.3 Å². The summed E-state index contributed by atoms with van der Waals surface area (Å²) in [6.45, 7) is 2.94. The topological polar surface area (TPSA) is 214 Å². The molecular weight excluding hydrogens is 434 g/mol. The van der Waals surface area contributed by atoms with E-state index < -0.39 is 60.7 Å². The summed E-state index contributed by atoms with van der Waals surface area (Å²) >= 11 is 0. The Bertz CT molecular complexity index is 859. The lowest BCUT2D eigenvalue weighted by Crippen LogP contribution is -2.55. The number of aliphatic carboxylic acids is 1. The minimum absolute atomic E-state index is 0.00656. The van der Waals surface area contributed by atoms with Crippen LogP contribution in [0.3, 0.4) is 0 Å². The van der Waals surface area contributed by atoms with Crippen LogP contribution in [-0.4, -0.2) is 64.5 Å². The van der Waals surface area contributed by atoms with Crippen LogP contribution < -0.4 is 27.4 Å². The molecule has 182 valence electrons. The van der Waals surface area contributed by atoms with Crippen LogP contribution >= 0.6 is 0 Å². The molecule has 12 heteroatoms. The molecular formula is C21H31N5O7. The van der Waals surface area contributed by atoms with E-state index in [2.05, 4.69) is 16.0 Å². The molecule has 0 saturated heterocycles. The second-order valence-corrected chi connectivity index (χ2v) is 7.70. The lowest BCUT2D eigenvalue weighted by molar-refractivity contribution is -0.143. The first-order chi connectivity index (χ1) is 15.4. The molecule has 0 aliphatic heterocycles. The zero-order valence-corrected chi connectivity index (χ0v) is 18.5. The van der Waals surface area contributed by atoms with Gasteiger partial charge in [0.1, 0.15) is 17.8 Å². The lowest BCUT2D eigenvalue weighted by atomic mass is 9.99. The fraction of sp³-hybridized carbons (Fsp3) is 0.476. The molecule has 0 spiro atoms. The number of aromatic hydroxyl groups is 1. The average molecular weight is 466 g/mol. The molecule has 0 aromatic heterocycles. The van der Waals surface area contributed by atoms with Crippen LogP contribution in [-0.2, 0) is 30.4 Å². The Hall–Kier alpha value is -3.67. The van der Waals surface area contributed by atoms with Crippen LogP contribution in [0.5, 0.6) is 5.75 Å². The Labute approximate surface area is 191 Å². The average Bonchev–Trinajstić information content (AvgIpc) is 2.75. The number of phenols is 1. The minimum atomic E-state index is -1.27. The molecule has 0 fully saturated rings. The van der Waals surface area contributed by atoms with Crippen molar-refractivity contribution in [3.8, 4) is 5.75 Å². The fourth-order valence-electron chi connectivity index (χ4n) is 2.86. The van der Waals surface area contributed by atoms with Gasteiger partial charge in [0.25, 0.3) is 0 Å². The number of primary amides is 1. The number of carbonyl (C=O) groups is 5. The summed E-state index contributed by atoms with van der Waals surface area (Å²) in [5.74, 6) is -4.52. The predicted octanol–water partition coefficient (Wildman–Crippen LogP) is -1.65. The monoisotopic (exact) mass is 465 g/mol. The summed E-state index contributed by atoms with van der Waals surface area (Å²) in [5.41, 5.74) is 11.3. The SMILES string of the molecule is CCC(C)C(NC(=O)CNC(=O)C(Cc1ccc(O)cc1)NC(=O)C(N)CC(N)=O)C(=O)O. The van der Waals surface area contributed by atoms with Crippen molar-refractivity contribution in [3.05, 3.63) is 29.8 Å². The van der Waals surface area contributed by atoms with Gasteiger partial charge in [-0.25, -0.2) is 4.79 Å². The molecule has 12 nitrogen and oxygen atoms in total. The van der Waals surface area contributed by atoms with Crippen molar-refractivity contribution in [1.82, 2.24) is 16.0 Å². The van der Waals surface area contributed by atoms with Crippen LogP contribution in [0.25, 0.3) is 0 Å². The third-order valence-corrected chi connectivity index (χ3v) is 4.99. The summed E-state index contributed by atoms with van der Waals surface area (Å²) < 4.78 is 0. The molecule has 0 saturated carbocycles. The summed E-state index contributed by atoms with van der Waals surface area (Å²) in [7, 11) is 0. The molecule has 0 aliphatic rings. The Balaban J connectivity index is 2.86. The molecule has 0 heterocycles. The molecule has 4 unspecified atom stereocenters. The lowest BCUT2D eigenvalue weighted by Gasteiger charge is -2.22. The fourth-order valence-corrected chi connectivity index (χ4v) is 2.86. The summed E-state index contributed by atoms with van der Waals surface area (Å²) in [6, 6.07) is 2.34. The van der Waals surface area contributed by atoms with Crippen molar-refractivity contribution in [2.45, 2.75) is 51.2 Å². The second-order valence-electron chi connectivity index (χ2n) is 7.70. The zero-order chi connectivity index (χ0) is 25.1. The standard InChI is InChI=1S/C21H31N5O7/c1-3-11(2)18(21(32)33)26-17(29)10-24-20(31)15(8-12-4-6-13(27)7-5-12)25-19(30)14(22)9-16(23)28/h4-7,11,14-15,18,27H,3,8-10,22H2,1-2H3,(H2,23,28)(H,24,31)(H,25,30)(H,26,29)(H,32,33). The molecule has 9 N–H and O–H groups in total. The number of rotatable bonds is 13. The highest BCUT2D eigenvalue weighted by molar-refractivity contribution is 5.94. The first-order valence-electron chi connectivity index (χ1n) is 10.4. The van der Waals surface area contributed by atoms with Gasteiger partial charge >= 0.3 is 5.97 Å². The van der Waals surface area contributed by atoms with Gasteiger partial charge in [0.15, 0.2) is 0 Å². The van der Waals surface area contributed by atoms with E-state index in [-0.39, 0.29) is 18.1 Å². The number of nitrogens with one attached hydrogen (secondary N) is 3. The molecule has 33 heavy (non-hydrogen) atoms. The van der Waals surface area contributed by atoms with Crippen molar-refractivity contribution in [1.29, 1.82) is 0 Å². The molecule has 0 bridgehead atoms. The highest BCUT2D eigenvalue weighted by Crippen LogP contribution is 2.12. The van der Waals surface area contributed by atoms with Crippen molar-refractivity contribution >= 4 is 29.6 Å². The van der Waals surface area contributed by atoms with Gasteiger partial charge in [-0.1, -0.05) is 32.4 Å². The number of carbonyl (C=O) groups excluding carboxylic acids is 4. The molecule has 1 rings (SSSR count). The van der Waals surface area contributed by atoms with E-state index in [4.69, 9.17) is 11.5 Å².